The van der Waals surface area contributed by atoms with Crippen molar-refractivity contribution in [2.75, 3.05) is 31.2 Å². The van der Waals surface area contributed by atoms with Crippen molar-refractivity contribution in [2.45, 2.75) is 13.1 Å². The minimum absolute atomic E-state index is 0.104. The molecule has 9 heteroatoms. The predicted octanol–water partition coefficient (Wildman–Crippen LogP) is 3.02. The summed E-state index contributed by atoms with van der Waals surface area (Å²) in [7, 11) is 0. The number of hydrogen-bond acceptors (Lipinski definition) is 5. The Balaban J connectivity index is 1.51. The van der Waals surface area contributed by atoms with Crippen molar-refractivity contribution in [2.24, 2.45) is 0 Å². The number of aliphatic hydroxyl groups excluding tert-OH is 1. The molecule has 0 aliphatic carbocycles. The number of para-hydroxylation sites is 1. The van der Waals surface area contributed by atoms with Crippen molar-refractivity contribution >= 4 is 35.0 Å². The van der Waals surface area contributed by atoms with E-state index in [1.807, 2.05) is 42.5 Å². The second-order valence-electron chi connectivity index (χ2n) is 8.25. The molecule has 0 fully saturated rings. The third-order valence-corrected chi connectivity index (χ3v) is 6.05. The van der Waals surface area contributed by atoms with Crippen LogP contribution in [0.4, 0.5) is 5.69 Å². The summed E-state index contributed by atoms with van der Waals surface area (Å²) in [6, 6.07) is 21.3. The molecule has 1 aliphatic rings. The summed E-state index contributed by atoms with van der Waals surface area (Å²) in [5.74, 6) is -0.657. The number of anilines is 1. The number of hydrogen-bond donors (Lipinski definition) is 2. The van der Waals surface area contributed by atoms with Gasteiger partial charge in [-0.15, -0.1) is 0 Å². The maximum absolute atomic E-state index is 13.5. The van der Waals surface area contributed by atoms with Crippen molar-refractivity contribution in [1.82, 2.24) is 10.2 Å². The zero-order chi connectivity index (χ0) is 25.5. The van der Waals surface area contributed by atoms with E-state index in [4.69, 9.17) is 21.4 Å². The maximum Gasteiger partial charge on any atom is 0.260 e. The first-order valence-electron chi connectivity index (χ1n) is 11.5. The summed E-state index contributed by atoms with van der Waals surface area (Å²) >= 11 is 6.37. The Morgan fingerprint density at radius 1 is 1.00 bits per heavy atom. The Hall–Kier alpha value is -3.88. The van der Waals surface area contributed by atoms with Gasteiger partial charge < -0.3 is 20.1 Å². The highest BCUT2D eigenvalue weighted by Crippen LogP contribution is 2.30. The van der Waals surface area contributed by atoms with E-state index < -0.39 is 5.91 Å². The zero-order valence-corrected chi connectivity index (χ0v) is 20.3. The monoisotopic (exact) mass is 507 g/mol. The standard InChI is InChI=1S/C27H26ClN3O5/c28-23-14-21(36-13-12-32)10-11-22(23)27(35)31-18-26(34)30(16-20-8-4-5-9-24(20)31)17-25(33)29-15-19-6-2-1-3-7-19/h1-11,14,32H,12-13,15-18H2,(H,29,33). The van der Waals surface area contributed by atoms with E-state index in [9.17, 15) is 14.4 Å². The molecule has 3 aromatic rings. The molecule has 0 saturated heterocycles. The SMILES string of the molecule is O=C(CN1Cc2ccccc2N(C(=O)c2ccc(OCCO)cc2Cl)CC1=O)NCc1ccccc1. The van der Waals surface area contributed by atoms with Crippen molar-refractivity contribution < 1.29 is 24.2 Å². The van der Waals surface area contributed by atoms with Crippen LogP contribution in [0.25, 0.3) is 0 Å². The molecule has 0 spiro atoms. The fraction of sp³-hybridized carbons (Fsp3) is 0.222. The Labute approximate surface area is 214 Å². The average molecular weight is 508 g/mol. The second-order valence-corrected chi connectivity index (χ2v) is 8.65. The molecule has 1 aliphatic heterocycles. The second kappa shape index (κ2) is 11.7. The van der Waals surface area contributed by atoms with E-state index in [2.05, 4.69) is 5.32 Å². The summed E-state index contributed by atoms with van der Waals surface area (Å²) in [6.45, 7) is 0.150. The van der Waals surface area contributed by atoms with Crippen molar-refractivity contribution in [3.63, 3.8) is 0 Å². The van der Waals surface area contributed by atoms with E-state index in [0.29, 0.717) is 18.0 Å². The lowest BCUT2D eigenvalue weighted by atomic mass is 10.1. The van der Waals surface area contributed by atoms with Gasteiger partial charge in [-0.05, 0) is 35.4 Å². The molecule has 3 aromatic carbocycles. The number of ether oxygens (including phenoxy) is 1. The first-order valence-corrected chi connectivity index (χ1v) is 11.9. The van der Waals surface area contributed by atoms with Crippen molar-refractivity contribution in [1.29, 1.82) is 0 Å². The number of amides is 3. The molecule has 4 rings (SSSR count). The fourth-order valence-electron chi connectivity index (χ4n) is 3.94. The molecule has 8 nitrogen and oxygen atoms in total. The molecule has 0 unspecified atom stereocenters. The van der Waals surface area contributed by atoms with Gasteiger partial charge in [-0.2, -0.15) is 0 Å². The van der Waals surface area contributed by atoms with Crippen molar-refractivity contribution in [3.8, 4) is 5.75 Å². The number of aliphatic hydroxyl groups is 1. The molecule has 3 amide bonds. The number of rotatable bonds is 8. The molecule has 36 heavy (non-hydrogen) atoms. The van der Waals surface area contributed by atoms with Crippen LogP contribution in [0.2, 0.25) is 5.02 Å². The maximum atomic E-state index is 13.5. The molecule has 0 saturated carbocycles. The third kappa shape index (κ3) is 6.02. The minimum atomic E-state index is -0.440. The largest absolute Gasteiger partial charge is 0.491 e. The summed E-state index contributed by atoms with van der Waals surface area (Å²) in [4.78, 5) is 42.1. The number of nitrogens with zero attached hydrogens (tertiary/aromatic N) is 2. The average Bonchev–Trinajstić information content (AvgIpc) is 3.03. The van der Waals surface area contributed by atoms with Crippen LogP contribution < -0.4 is 15.0 Å². The number of nitrogens with one attached hydrogen (secondary N) is 1. The van der Waals surface area contributed by atoms with Gasteiger partial charge in [0.15, 0.2) is 0 Å². The molecule has 0 atom stereocenters. The molecule has 2 N–H and O–H groups in total. The van der Waals surface area contributed by atoms with Crippen LogP contribution in [-0.2, 0) is 22.7 Å². The third-order valence-electron chi connectivity index (χ3n) is 5.73. The highest BCUT2D eigenvalue weighted by Gasteiger charge is 2.31. The van der Waals surface area contributed by atoms with Gasteiger partial charge in [-0.3, -0.25) is 19.3 Å². The number of carbonyl (C=O) groups is 3. The van der Waals surface area contributed by atoms with Crippen LogP contribution in [0.1, 0.15) is 21.5 Å². The van der Waals surface area contributed by atoms with Crippen LogP contribution in [0.5, 0.6) is 5.75 Å². The van der Waals surface area contributed by atoms with Crippen LogP contribution in [0.15, 0.2) is 72.8 Å². The normalized spacial score (nSPS) is 13.1. The van der Waals surface area contributed by atoms with Crippen LogP contribution in [-0.4, -0.2) is 54.0 Å². The molecular weight excluding hydrogens is 482 g/mol. The zero-order valence-electron chi connectivity index (χ0n) is 19.5. The van der Waals surface area contributed by atoms with Gasteiger partial charge in [-0.25, -0.2) is 0 Å². The van der Waals surface area contributed by atoms with Crippen LogP contribution in [0.3, 0.4) is 0 Å². The quantitative estimate of drug-likeness (QED) is 0.488. The van der Waals surface area contributed by atoms with Gasteiger partial charge in [0, 0.05) is 18.8 Å². The van der Waals surface area contributed by atoms with E-state index >= 15 is 0 Å². The Kier molecular flexibility index (Phi) is 8.20. The lowest BCUT2D eigenvalue weighted by molar-refractivity contribution is -0.135. The highest BCUT2D eigenvalue weighted by atomic mass is 35.5. The Morgan fingerprint density at radius 2 is 1.75 bits per heavy atom. The minimum Gasteiger partial charge on any atom is -0.491 e. The van der Waals surface area contributed by atoms with Gasteiger partial charge >= 0.3 is 0 Å². The fourth-order valence-corrected chi connectivity index (χ4v) is 4.19. The van der Waals surface area contributed by atoms with E-state index in [1.54, 1.807) is 18.2 Å². The Morgan fingerprint density at radius 3 is 2.50 bits per heavy atom. The molecule has 0 radical (unpaired) electrons. The first kappa shape index (κ1) is 25.2. The van der Waals surface area contributed by atoms with Crippen molar-refractivity contribution in [3.05, 3.63) is 94.5 Å². The van der Waals surface area contributed by atoms with Gasteiger partial charge in [0.25, 0.3) is 5.91 Å². The number of fused-ring (bicyclic) bond motifs is 1. The molecule has 1 heterocycles. The summed E-state index contributed by atoms with van der Waals surface area (Å²) in [5.41, 5.74) is 2.50. The molecule has 0 aromatic heterocycles. The molecule has 186 valence electrons. The van der Waals surface area contributed by atoms with Gasteiger partial charge in [0.2, 0.25) is 11.8 Å². The topological polar surface area (TPSA) is 99.2 Å². The Bertz CT molecular complexity index is 1250. The highest BCUT2D eigenvalue weighted by molar-refractivity contribution is 6.34. The van der Waals surface area contributed by atoms with Gasteiger partial charge in [0.05, 0.1) is 23.7 Å². The lowest BCUT2D eigenvalue weighted by Crippen LogP contribution is -2.44. The van der Waals surface area contributed by atoms with E-state index in [1.165, 1.54) is 21.9 Å². The number of benzene rings is 3. The van der Waals surface area contributed by atoms with E-state index in [-0.39, 0.29) is 55.2 Å². The smallest absolute Gasteiger partial charge is 0.260 e. The molecular formula is C27H26ClN3O5. The van der Waals surface area contributed by atoms with Crippen LogP contribution >= 0.6 is 11.6 Å². The summed E-state index contributed by atoms with van der Waals surface area (Å²) < 4.78 is 5.35. The first-order chi connectivity index (χ1) is 17.5. The number of carbonyl (C=O) groups excluding carboxylic acids is 3. The van der Waals surface area contributed by atoms with E-state index in [0.717, 1.165) is 11.1 Å². The van der Waals surface area contributed by atoms with Crippen LogP contribution in [0, 0.1) is 0 Å². The van der Waals surface area contributed by atoms with Gasteiger partial charge in [-0.1, -0.05) is 60.1 Å². The van der Waals surface area contributed by atoms with Gasteiger partial charge in [0.1, 0.15) is 18.9 Å². The predicted molar refractivity (Wildman–Crippen MR) is 136 cm³/mol. The lowest BCUT2D eigenvalue weighted by Gasteiger charge is -2.23. The number of halogens is 1. The summed E-state index contributed by atoms with van der Waals surface area (Å²) in [5, 5.41) is 11.9. The molecule has 0 bridgehead atoms. The summed E-state index contributed by atoms with van der Waals surface area (Å²) in [6.07, 6.45) is 0.